The van der Waals surface area contributed by atoms with E-state index in [1.807, 2.05) is 24.3 Å². The Morgan fingerprint density at radius 2 is 0.565 bits per heavy atom. The fourth-order valence-corrected chi connectivity index (χ4v) is 8.01. The minimum atomic E-state index is -6.13. The van der Waals surface area contributed by atoms with Crippen LogP contribution in [0, 0.1) is 11.3 Å². The van der Waals surface area contributed by atoms with E-state index in [2.05, 4.69) is 18.6 Å². The minimum absolute atomic E-state index is 0.370. The van der Waals surface area contributed by atoms with E-state index in [0.29, 0.717) is 10.9 Å². The van der Waals surface area contributed by atoms with Gasteiger partial charge in [-0.2, -0.15) is 132 Å². The van der Waals surface area contributed by atoms with Gasteiger partial charge in [0.05, 0.1) is 68.7 Å². The van der Waals surface area contributed by atoms with E-state index in [4.69, 9.17) is 5.26 Å². The Morgan fingerprint density at radius 1 is 0.362 bits per heavy atom. The van der Waals surface area contributed by atoms with Gasteiger partial charge in [-0.15, -0.1) is 0 Å². The molecule has 374 valence electrons. The zero-order chi connectivity index (χ0) is 52.9. The Bertz CT molecular complexity index is 2250. The highest BCUT2D eigenvalue weighted by Gasteiger charge is 2.47. The molecule has 0 atom stereocenters. The number of nitriles is 1. The number of halogens is 24. The zero-order valence-corrected chi connectivity index (χ0v) is 34.8. The summed E-state index contributed by atoms with van der Waals surface area (Å²) in [7, 11) is 0.370. The number of hydrogen-bond acceptors (Lipinski definition) is 1. The lowest BCUT2D eigenvalue weighted by atomic mass is 9.12. The van der Waals surface area contributed by atoms with Crippen molar-refractivity contribution in [2.75, 3.05) is 12.5 Å². The van der Waals surface area contributed by atoms with Crippen LogP contribution in [-0.2, 0) is 66.1 Å². The Hall–Kier alpha value is -5.68. The van der Waals surface area contributed by atoms with Crippen molar-refractivity contribution in [1.82, 2.24) is 0 Å². The van der Waals surface area contributed by atoms with Gasteiger partial charge in [-0.25, -0.2) is 0 Å². The van der Waals surface area contributed by atoms with Crippen molar-refractivity contribution in [2.24, 2.45) is 0 Å². The minimum Gasteiger partial charge on any atom is -0.194 e. The molecule has 0 amide bonds. The van der Waals surface area contributed by atoms with Gasteiger partial charge < -0.3 is 0 Å². The zero-order valence-electron chi connectivity index (χ0n) is 33.9. The SMILES string of the molecule is C[S+](C)Cc1ccccc1C#N.FC(F)(F)c1cc([B-](c2cc(C(F)(F)F)cc(C(F)(F)F)c2)(c2cc(C(F)(F)F)cc(C(F)(F)F)c2)c2cc(C(F)(F)F)cc(C(F)(F)F)c2)cc(C(F)(F)F)c1. The summed E-state index contributed by atoms with van der Waals surface area (Å²) in [5.41, 5.74) is -28.2. The van der Waals surface area contributed by atoms with E-state index in [0.717, 1.165) is 11.3 Å². The number of benzene rings is 5. The van der Waals surface area contributed by atoms with Gasteiger partial charge in [0.1, 0.15) is 11.9 Å². The van der Waals surface area contributed by atoms with Crippen LogP contribution < -0.4 is 21.9 Å². The molecule has 0 aliphatic rings. The van der Waals surface area contributed by atoms with Crippen molar-refractivity contribution in [3.8, 4) is 6.07 Å². The van der Waals surface area contributed by atoms with Crippen LogP contribution >= 0.6 is 0 Å². The predicted molar refractivity (Wildman–Crippen MR) is 204 cm³/mol. The first-order valence-corrected chi connectivity index (χ1v) is 20.6. The summed E-state index contributed by atoms with van der Waals surface area (Å²) in [6.07, 6.45) is -50.4. The largest absolute Gasteiger partial charge is 0.416 e. The highest BCUT2D eigenvalue weighted by molar-refractivity contribution is 7.94. The third kappa shape index (κ3) is 13.2. The van der Waals surface area contributed by atoms with Crippen LogP contribution in [0.25, 0.3) is 0 Å². The van der Waals surface area contributed by atoms with Crippen molar-refractivity contribution in [3.05, 3.63) is 153 Å². The fourth-order valence-electron chi connectivity index (χ4n) is 7.14. The number of alkyl halides is 24. The van der Waals surface area contributed by atoms with Gasteiger partial charge in [0.25, 0.3) is 0 Å². The topological polar surface area (TPSA) is 23.8 Å². The Labute approximate surface area is 375 Å². The molecule has 0 fully saturated rings. The van der Waals surface area contributed by atoms with Crippen LogP contribution in [0.2, 0.25) is 0 Å². The maximum Gasteiger partial charge on any atom is 0.416 e. The molecular formula is C42H24BF24NS. The summed E-state index contributed by atoms with van der Waals surface area (Å²) in [6.45, 7) is 0. The van der Waals surface area contributed by atoms with E-state index in [1.54, 1.807) is 0 Å². The van der Waals surface area contributed by atoms with Crippen molar-refractivity contribution >= 4 is 38.9 Å². The summed E-state index contributed by atoms with van der Waals surface area (Å²) in [5.74, 6) is 1.02. The first-order chi connectivity index (χ1) is 31.0. The van der Waals surface area contributed by atoms with Crippen molar-refractivity contribution < 1.29 is 105 Å². The van der Waals surface area contributed by atoms with Crippen molar-refractivity contribution in [2.45, 2.75) is 55.2 Å². The summed E-state index contributed by atoms with van der Waals surface area (Å²) >= 11 is 0. The lowest BCUT2D eigenvalue weighted by molar-refractivity contribution is -0.144. The van der Waals surface area contributed by atoms with E-state index >= 15 is 0 Å². The van der Waals surface area contributed by atoms with Gasteiger partial charge in [0, 0.05) is 5.56 Å². The van der Waals surface area contributed by atoms with E-state index < -0.39 is 195 Å². The molecule has 1 nitrogen and oxygen atoms in total. The monoisotopic (exact) mass is 1040 g/mol. The molecule has 0 saturated heterocycles. The predicted octanol–water partition coefficient (Wildman–Crippen LogP) is 13.2. The molecule has 27 heteroatoms. The number of rotatable bonds is 6. The third-order valence-corrected chi connectivity index (χ3v) is 10.9. The second-order valence-corrected chi connectivity index (χ2v) is 17.4. The Morgan fingerprint density at radius 3 is 0.739 bits per heavy atom. The average molecular weight is 1040 g/mol. The maximum absolute atomic E-state index is 14.2. The summed E-state index contributed by atoms with van der Waals surface area (Å²) in [6, 6.07) is 1.20. The lowest BCUT2D eigenvalue weighted by Crippen LogP contribution is -2.75. The first kappa shape index (κ1) is 55.9. The molecule has 5 aromatic carbocycles. The van der Waals surface area contributed by atoms with Gasteiger partial charge >= 0.3 is 49.4 Å². The van der Waals surface area contributed by atoms with E-state index in [1.165, 1.54) is 5.56 Å². The Kier molecular flexibility index (Phi) is 15.3. The molecule has 0 unspecified atom stereocenters. The summed E-state index contributed by atoms with van der Waals surface area (Å²) in [5, 5.41) is 8.78. The van der Waals surface area contributed by atoms with E-state index in [-0.39, 0.29) is 0 Å². The molecule has 0 aliphatic heterocycles. The molecule has 0 N–H and O–H groups in total. The molecule has 0 aliphatic carbocycles. The highest BCUT2D eigenvalue weighted by Crippen LogP contribution is 2.41. The molecule has 0 spiro atoms. The van der Waals surface area contributed by atoms with Gasteiger partial charge in [0.2, 0.25) is 0 Å². The quantitative estimate of drug-likeness (QED) is 0.0944. The molecule has 0 bridgehead atoms. The number of hydrogen-bond donors (Lipinski definition) is 0. The third-order valence-electron chi connectivity index (χ3n) is 10.0. The van der Waals surface area contributed by atoms with Crippen LogP contribution in [-0.4, -0.2) is 18.7 Å². The summed E-state index contributed by atoms with van der Waals surface area (Å²) < 4.78 is 341. The molecule has 0 aromatic heterocycles. The second-order valence-electron chi connectivity index (χ2n) is 15.1. The second kappa shape index (κ2) is 18.9. The smallest absolute Gasteiger partial charge is 0.194 e. The van der Waals surface area contributed by atoms with Crippen LogP contribution in [0.5, 0.6) is 0 Å². The first-order valence-electron chi connectivity index (χ1n) is 18.4. The molecule has 5 aromatic rings. The van der Waals surface area contributed by atoms with Crippen LogP contribution in [0.4, 0.5) is 105 Å². The van der Waals surface area contributed by atoms with Crippen LogP contribution in [0.3, 0.4) is 0 Å². The summed E-state index contributed by atoms with van der Waals surface area (Å²) in [4.78, 5) is 0. The van der Waals surface area contributed by atoms with Gasteiger partial charge in [-0.05, 0) is 41.2 Å². The van der Waals surface area contributed by atoms with Gasteiger partial charge in [-0.1, -0.05) is 66.7 Å². The molecule has 69 heavy (non-hydrogen) atoms. The lowest BCUT2D eigenvalue weighted by Gasteiger charge is -2.46. The van der Waals surface area contributed by atoms with E-state index in [9.17, 15) is 105 Å². The van der Waals surface area contributed by atoms with Gasteiger partial charge in [-0.3, -0.25) is 0 Å². The highest BCUT2D eigenvalue weighted by atomic mass is 32.2. The van der Waals surface area contributed by atoms with Crippen molar-refractivity contribution in [1.29, 1.82) is 5.26 Å². The number of nitrogens with zero attached hydrogens (tertiary/aromatic N) is 1. The standard InChI is InChI=1S/C32H12BF24.C10H12NS/c34-25(35,36)13-1-14(26(37,38)39)6-21(5-13)33(22-7-15(27(40,41)42)2-16(8-22)28(43,44)45,23-9-17(29(46,47)48)3-18(10-23)30(49,50)51)24-11-19(31(52,53)54)4-20(12-24)32(55,56)57;1-12(2)8-10-6-4-3-5-9(10)7-11/h1-12H;3-6H,8H2,1-2H3/q-1;+1. The molecule has 0 saturated carbocycles. The normalized spacial score (nSPS) is 13.5. The molecule has 5 rings (SSSR count). The molecule has 0 radical (unpaired) electrons. The Balaban J connectivity index is 0.000000750. The van der Waals surface area contributed by atoms with Crippen molar-refractivity contribution in [3.63, 3.8) is 0 Å². The van der Waals surface area contributed by atoms with Crippen LogP contribution in [0.1, 0.15) is 55.6 Å². The van der Waals surface area contributed by atoms with Gasteiger partial charge in [0.15, 0.2) is 0 Å². The van der Waals surface area contributed by atoms with Crippen LogP contribution in [0.15, 0.2) is 97.1 Å². The molecule has 0 heterocycles. The fraction of sp³-hybridized carbons (Fsp3) is 0.262. The molecular weight excluding hydrogens is 1020 g/mol. The maximum atomic E-state index is 14.2. The average Bonchev–Trinajstić information content (AvgIpc) is 3.18.